The number of hydrogen-bond donors (Lipinski definition) is 0. The van der Waals surface area contributed by atoms with Gasteiger partial charge >= 0.3 is 5.69 Å². The minimum Gasteiger partial charge on any atom is -0.497 e. The molecule has 11 heteroatoms. The molecule has 232 valence electrons. The second-order valence-electron chi connectivity index (χ2n) is 11.1. The molecule has 0 N–H and O–H groups in total. The summed E-state index contributed by atoms with van der Waals surface area (Å²) in [6, 6.07) is 17.8. The summed E-state index contributed by atoms with van der Waals surface area (Å²) >= 11 is 0. The van der Waals surface area contributed by atoms with E-state index in [1.807, 2.05) is 19.9 Å². The summed E-state index contributed by atoms with van der Waals surface area (Å²) < 4.78 is 42.0. The predicted molar refractivity (Wildman–Crippen MR) is 166 cm³/mol. The number of aryl methyl sites for hydroxylation is 2. The lowest BCUT2D eigenvalue weighted by molar-refractivity contribution is -0.150. The Balaban J connectivity index is 1.63. The molecule has 0 aliphatic carbocycles. The van der Waals surface area contributed by atoms with Crippen molar-refractivity contribution in [3.05, 3.63) is 126 Å². The summed E-state index contributed by atoms with van der Waals surface area (Å²) in [6.07, 6.45) is 0. The monoisotopic (exact) mass is 613 g/mol. The van der Waals surface area contributed by atoms with Gasteiger partial charge in [-0.3, -0.25) is 18.7 Å². The van der Waals surface area contributed by atoms with Crippen LogP contribution < -0.4 is 26.3 Å². The van der Waals surface area contributed by atoms with Gasteiger partial charge in [-0.1, -0.05) is 30.3 Å². The summed E-state index contributed by atoms with van der Waals surface area (Å²) in [5, 5.41) is -0.0745. The zero-order valence-electron chi connectivity index (χ0n) is 25.5. The van der Waals surface area contributed by atoms with E-state index in [2.05, 4.69) is 0 Å². The fourth-order valence-corrected chi connectivity index (χ4v) is 5.71. The molecule has 5 aromatic rings. The van der Waals surface area contributed by atoms with Crippen molar-refractivity contribution in [2.75, 3.05) is 20.3 Å². The van der Waals surface area contributed by atoms with E-state index >= 15 is 4.39 Å². The van der Waals surface area contributed by atoms with Gasteiger partial charge in [-0.25, -0.2) is 13.8 Å². The molecule has 0 amide bonds. The highest BCUT2D eigenvalue weighted by atomic mass is 19.1. The Kier molecular flexibility index (Phi) is 7.67. The van der Waals surface area contributed by atoms with Gasteiger partial charge in [-0.05, 0) is 62.2 Å². The van der Waals surface area contributed by atoms with Crippen molar-refractivity contribution in [2.45, 2.75) is 33.1 Å². The smallest absolute Gasteiger partial charge is 0.337 e. The number of benzene rings is 3. The number of aromatic nitrogens is 3. The lowest BCUT2D eigenvalue weighted by Gasteiger charge is -2.26. The van der Waals surface area contributed by atoms with Gasteiger partial charge in [0.2, 0.25) is 0 Å². The van der Waals surface area contributed by atoms with Crippen molar-refractivity contribution in [3.8, 4) is 22.9 Å². The van der Waals surface area contributed by atoms with E-state index < -0.39 is 28.4 Å². The quantitative estimate of drug-likeness (QED) is 0.263. The predicted octanol–water partition coefficient (Wildman–Crippen LogP) is 4.68. The first-order valence-corrected chi connectivity index (χ1v) is 14.4. The Labute approximate surface area is 257 Å². The van der Waals surface area contributed by atoms with E-state index in [0.717, 1.165) is 19.3 Å². The Morgan fingerprint density at radius 1 is 0.933 bits per heavy atom. The molecular formula is C34H32FN3O7. The van der Waals surface area contributed by atoms with E-state index in [0.29, 0.717) is 41.4 Å². The van der Waals surface area contributed by atoms with Gasteiger partial charge in [-0.2, -0.15) is 0 Å². The van der Waals surface area contributed by atoms with Gasteiger partial charge in [0.15, 0.2) is 5.79 Å². The normalized spacial score (nSPS) is 14.2. The molecule has 1 fully saturated rings. The summed E-state index contributed by atoms with van der Waals surface area (Å²) in [7, 11) is 2.96. The van der Waals surface area contributed by atoms with Crippen molar-refractivity contribution in [2.24, 2.45) is 7.05 Å². The van der Waals surface area contributed by atoms with Gasteiger partial charge in [-0.15, -0.1) is 0 Å². The number of halogens is 1. The molecule has 0 unspecified atom stereocenters. The molecule has 0 spiro atoms. The zero-order chi connectivity index (χ0) is 32.0. The van der Waals surface area contributed by atoms with Gasteiger partial charge in [0.1, 0.15) is 34.1 Å². The first-order chi connectivity index (χ1) is 21.5. The molecule has 6 rings (SSSR count). The van der Waals surface area contributed by atoms with Crippen molar-refractivity contribution in [1.29, 1.82) is 0 Å². The summed E-state index contributed by atoms with van der Waals surface area (Å²) in [4.78, 5) is 41.8. The average Bonchev–Trinajstić information content (AvgIpc) is 3.46. The molecule has 3 heterocycles. The topological polar surface area (TPSA) is 103 Å². The van der Waals surface area contributed by atoms with Crippen LogP contribution in [-0.2, 0) is 28.9 Å². The number of hydrogen-bond acceptors (Lipinski definition) is 7. The van der Waals surface area contributed by atoms with E-state index in [-0.39, 0.29) is 29.0 Å². The molecular weight excluding hydrogens is 581 g/mol. The molecule has 3 aromatic carbocycles. The lowest BCUT2D eigenvalue weighted by Crippen LogP contribution is -2.42. The fraction of sp³-hybridized carbons (Fsp3) is 0.265. The van der Waals surface area contributed by atoms with Crippen molar-refractivity contribution in [3.63, 3.8) is 0 Å². The standard InChI is InChI=1S/C34H32FN3O7/c1-20-9-14-26(25(35)17-20)38-31-30(32(40)37(33(38)41)19-22-10-12-23(42-5)13-11-22)28(18-29(39)36(31)4)45-27-8-6-7-24(21(27)2)34(3)43-15-16-44-34/h6-14,17-18H,15-16,19H2,1-5H3. The number of nitrogens with zero attached hydrogens (tertiary/aromatic N) is 3. The third-order valence-corrected chi connectivity index (χ3v) is 8.14. The maximum absolute atomic E-state index is 15.5. The van der Waals surface area contributed by atoms with Crippen LogP contribution >= 0.6 is 0 Å². The Morgan fingerprint density at radius 2 is 1.64 bits per heavy atom. The molecule has 10 nitrogen and oxygen atoms in total. The number of ether oxygens (including phenoxy) is 4. The number of rotatable bonds is 7. The molecule has 0 atom stereocenters. The maximum Gasteiger partial charge on any atom is 0.337 e. The summed E-state index contributed by atoms with van der Waals surface area (Å²) in [5.41, 5.74) is 0.353. The minimum absolute atomic E-state index is 0.0745. The van der Waals surface area contributed by atoms with Crippen LogP contribution in [0.15, 0.2) is 81.1 Å². The molecule has 1 aliphatic heterocycles. The third-order valence-electron chi connectivity index (χ3n) is 8.14. The highest BCUT2D eigenvalue weighted by Crippen LogP contribution is 2.38. The van der Waals surface area contributed by atoms with Crippen LogP contribution in [0.5, 0.6) is 17.2 Å². The molecule has 0 radical (unpaired) electrons. The number of methoxy groups -OCH3 is 1. The molecule has 45 heavy (non-hydrogen) atoms. The van der Waals surface area contributed by atoms with E-state index in [1.165, 1.54) is 32.4 Å². The molecule has 2 aromatic heterocycles. The number of fused-ring (bicyclic) bond motifs is 1. The fourth-order valence-electron chi connectivity index (χ4n) is 5.71. The second kappa shape index (κ2) is 11.5. The maximum atomic E-state index is 15.5. The highest BCUT2D eigenvalue weighted by molar-refractivity contribution is 5.83. The third kappa shape index (κ3) is 5.23. The second-order valence-corrected chi connectivity index (χ2v) is 11.1. The van der Waals surface area contributed by atoms with E-state index in [1.54, 1.807) is 49.4 Å². The Morgan fingerprint density at radius 3 is 2.31 bits per heavy atom. The molecule has 1 saturated heterocycles. The van der Waals surface area contributed by atoms with Crippen molar-refractivity contribution < 1.29 is 23.3 Å². The molecule has 0 bridgehead atoms. The Hall–Kier alpha value is -5.00. The van der Waals surface area contributed by atoms with Crippen LogP contribution in [0.2, 0.25) is 0 Å². The molecule has 1 aliphatic rings. The highest BCUT2D eigenvalue weighted by Gasteiger charge is 2.35. The van der Waals surface area contributed by atoms with Crippen LogP contribution in [0.4, 0.5) is 4.39 Å². The van der Waals surface area contributed by atoms with E-state index in [4.69, 9.17) is 18.9 Å². The number of pyridine rings is 1. The van der Waals surface area contributed by atoms with Crippen LogP contribution in [0.3, 0.4) is 0 Å². The lowest BCUT2D eigenvalue weighted by atomic mass is 10.0. The first kappa shape index (κ1) is 30.0. The van der Waals surface area contributed by atoms with Gasteiger partial charge in [0, 0.05) is 24.2 Å². The minimum atomic E-state index is -0.993. The first-order valence-electron chi connectivity index (χ1n) is 14.4. The van der Waals surface area contributed by atoms with Crippen LogP contribution in [0.25, 0.3) is 16.7 Å². The van der Waals surface area contributed by atoms with Gasteiger partial charge < -0.3 is 18.9 Å². The Bertz CT molecular complexity index is 2120. The van der Waals surface area contributed by atoms with E-state index in [9.17, 15) is 14.4 Å². The van der Waals surface area contributed by atoms with Crippen LogP contribution in [0, 0.1) is 19.7 Å². The van der Waals surface area contributed by atoms with Crippen LogP contribution in [0.1, 0.15) is 29.2 Å². The summed E-state index contributed by atoms with van der Waals surface area (Å²) in [5.74, 6) is -0.814. The van der Waals surface area contributed by atoms with Gasteiger partial charge in [0.25, 0.3) is 11.1 Å². The SMILES string of the molecule is COc1ccc(Cn2c(=O)c3c(Oc4cccc(C5(C)OCCO5)c4C)cc(=O)n(C)c3n(-c3ccc(C)cc3F)c2=O)cc1. The van der Waals surface area contributed by atoms with Crippen LogP contribution in [-0.4, -0.2) is 34.0 Å². The summed E-state index contributed by atoms with van der Waals surface area (Å²) in [6.45, 7) is 6.09. The molecule has 0 saturated carbocycles. The average molecular weight is 614 g/mol. The van der Waals surface area contributed by atoms with Gasteiger partial charge in [0.05, 0.1) is 32.6 Å². The zero-order valence-corrected chi connectivity index (χ0v) is 25.5. The van der Waals surface area contributed by atoms with Crippen molar-refractivity contribution in [1.82, 2.24) is 13.7 Å². The largest absolute Gasteiger partial charge is 0.497 e. The van der Waals surface area contributed by atoms with Crippen molar-refractivity contribution >= 4 is 11.0 Å².